The van der Waals surface area contributed by atoms with Crippen molar-refractivity contribution in [2.45, 2.75) is 6.10 Å². The van der Waals surface area contributed by atoms with E-state index in [1.165, 1.54) is 0 Å². The summed E-state index contributed by atoms with van der Waals surface area (Å²) in [7, 11) is 5.12. The number of methoxy groups -OCH3 is 2. The minimum atomic E-state index is -0.548. The lowest BCUT2D eigenvalue weighted by molar-refractivity contribution is 0.0694. The van der Waals surface area contributed by atoms with Crippen molar-refractivity contribution in [2.75, 3.05) is 39.3 Å². The molecule has 1 heterocycles. The molecule has 1 aromatic carbocycles. The van der Waals surface area contributed by atoms with E-state index in [1.807, 2.05) is 36.2 Å². The average Bonchev–Trinajstić information content (AvgIpc) is 2.46. The summed E-state index contributed by atoms with van der Waals surface area (Å²) in [5.41, 5.74) is 0. The number of pyridine rings is 1. The zero-order chi connectivity index (χ0) is 14.5. The first-order valence-electron chi connectivity index (χ1n) is 6.46. The fourth-order valence-corrected chi connectivity index (χ4v) is 2.21. The summed E-state index contributed by atoms with van der Waals surface area (Å²) < 4.78 is 10.2. The number of aliphatic hydroxyl groups is 1. The lowest BCUT2D eigenvalue weighted by Crippen LogP contribution is -2.32. The Kier molecular flexibility index (Phi) is 4.76. The van der Waals surface area contributed by atoms with Crippen molar-refractivity contribution < 1.29 is 14.6 Å². The van der Waals surface area contributed by atoms with Gasteiger partial charge in [0.05, 0.1) is 19.8 Å². The summed E-state index contributed by atoms with van der Waals surface area (Å²) in [6, 6.07) is 7.83. The molecule has 20 heavy (non-hydrogen) atoms. The second kappa shape index (κ2) is 6.54. The normalized spacial score (nSPS) is 12.4. The minimum Gasteiger partial charge on any atom is -0.497 e. The molecule has 1 atom stereocenters. The van der Waals surface area contributed by atoms with Crippen LogP contribution in [0.3, 0.4) is 0 Å². The van der Waals surface area contributed by atoms with Crippen molar-refractivity contribution in [2.24, 2.45) is 0 Å². The van der Waals surface area contributed by atoms with Crippen LogP contribution in [0.25, 0.3) is 10.8 Å². The van der Waals surface area contributed by atoms with Crippen LogP contribution >= 0.6 is 0 Å². The molecule has 1 aromatic heterocycles. The van der Waals surface area contributed by atoms with E-state index in [4.69, 9.17) is 9.47 Å². The molecule has 0 spiro atoms. The number of nitrogens with zero attached hydrogens (tertiary/aromatic N) is 2. The predicted octanol–water partition coefficient (Wildman–Crippen LogP) is 1.69. The van der Waals surface area contributed by atoms with Gasteiger partial charge in [-0.15, -0.1) is 0 Å². The lowest BCUT2D eigenvalue weighted by atomic mass is 10.1. The van der Waals surface area contributed by atoms with Gasteiger partial charge in [0.2, 0.25) is 0 Å². The number of likely N-dealkylation sites (N-methyl/N-ethyl adjacent to an activating group) is 1. The molecular weight excluding hydrogens is 256 g/mol. The van der Waals surface area contributed by atoms with Crippen molar-refractivity contribution in [1.29, 1.82) is 0 Å². The van der Waals surface area contributed by atoms with Crippen molar-refractivity contribution >= 4 is 16.6 Å². The number of aliphatic hydroxyl groups excluding tert-OH is 1. The van der Waals surface area contributed by atoms with Crippen molar-refractivity contribution in [3.05, 3.63) is 30.5 Å². The Bertz CT molecular complexity index is 574. The van der Waals surface area contributed by atoms with E-state index >= 15 is 0 Å². The highest BCUT2D eigenvalue weighted by Gasteiger charge is 2.12. The standard InChI is InChI=1S/C15H20N2O3/c1-17(9-12(18)10-19-2)15-14-8-13(20-3)5-4-11(14)6-7-16-15/h4-8,12,18H,9-10H2,1-3H3. The second-order valence-corrected chi connectivity index (χ2v) is 4.71. The van der Waals surface area contributed by atoms with Gasteiger partial charge in [0, 0.05) is 32.3 Å². The first kappa shape index (κ1) is 14.6. The molecule has 1 unspecified atom stereocenters. The summed E-state index contributed by atoms with van der Waals surface area (Å²) >= 11 is 0. The number of fused-ring (bicyclic) bond motifs is 1. The number of anilines is 1. The summed E-state index contributed by atoms with van der Waals surface area (Å²) in [6.07, 6.45) is 1.22. The number of aromatic nitrogens is 1. The van der Waals surface area contributed by atoms with Gasteiger partial charge in [0.15, 0.2) is 0 Å². The highest BCUT2D eigenvalue weighted by Crippen LogP contribution is 2.27. The van der Waals surface area contributed by atoms with Crippen LogP contribution in [0.15, 0.2) is 30.5 Å². The van der Waals surface area contributed by atoms with E-state index in [0.717, 1.165) is 22.3 Å². The van der Waals surface area contributed by atoms with Gasteiger partial charge < -0.3 is 19.5 Å². The third-order valence-electron chi connectivity index (χ3n) is 3.16. The summed E-state index contributed by atoms with van der Waals surface area (Å²) in [5, 5.41) is 11.9. The second-order valence-electron chi connectivity index (χ2n) is 4.71. The summed E-state index contributed by atoms with van der Waals surface area (Å²) in [5.74, 6) is 1.61. The molecule has 2 rings (SSSR count). The van der Waals surface area contributed by atoms with Gasteiger partial charge in [-0.05, 0) is 23.6 Å². The number of benzene rings is 1. The monoisotopic (exact) mass is 276 g/mol. The first-order valence-corrected chi connectivity index (χ1v) is 6.46. The third-order valence-corrected chi connectivity index (χ3v) is 3.16. The van der Waals surface area contributed by atoms with Crippen LogP contribution in [0.5, 0.6) is 5.75 Å². The number of ether oxygens (including phenoxy) is 2. The Morgan fingerprint density at radius 3 is 2.80 bits per heavy atom. The molecule has 0 aliphatic carbocycles. The van der Waals surface area contributed by atoms with E-state index in [2.05, 4.69) is 4.98 Å². The maximum absolute atomic E-state index is 9.83. The van der Waals surface area contributed by atoms with Crippen LogP contribution in [0.1, 0.15) is 0 Å². The van der Waals surface area contributed by atoms with Gasteiger partial charge >= 0.3 is 0 Å². The Balaban J connectivity index is 2.32. The Morgan fingerprint density at radius 1 is 1.30 bits per heavy atom. The third kappa shape index (κ3) is 3.18. The first-order chi connectivity index (χ1) is 9.65. The van der Waals surface area contributed by atoms with Gasteiger partial charge in [0.25, 0.3) is 0 Å². The molecule has 0 bridgehead atoms. The number of hydrogen-bond acceptors (Lipinski definition) is 5. The molecule has 0 fully saturated rings. The Morgan fingerprint density at radius 2 is 2.10 bits per heavy atom. The zero-order valence-corrected chi connectivity index (χ0v) is 12.0. The van der Waals surface area contributed by atoms with Crippen LogP contribution in [-0.2, 0) is 4.74 Å². The topological polar surface area (TPSA) is 54.8 Å². The lowest BCUT2D eigenvalue weighted by Gasteiger charge is -2.22. The van der Waals surface area contributed by atoms with E-state index in [1.54, 1.807) is 20.4 Å². The largest absolute Gasteiger partial charge is 0.497 e. The highest BCUT2D eigenvalue weighted by atomic mass is 16.5. The van der Waals surface area contributed by atoms with Crippen LogP contribution in [0.4, 0.5) is 5.82 Å². The summed E-state index contributed by atoms with van der Waals surface area (Å²) in [6.45, 7) is 0.760. The van der Waals surface area contributed by atoms with E-state index in [0.29, 0.717) is 13.2 Å². The molecule has 0 saturated heterocycles. The molecule has 0 aliphatic rings. The van der Waals surface area contributed by atoms with Gasteiger partial charge in [-0.3, -0.25) is 0 Å². The van der Waals surface area contributed by atoms with Gasteiger partial charge in [-0.25, -0.2) is 4.98 Å². The fourth-order valence-electron chi connectivity index (χ4n) is 2.21. The van der Waals surface area contributed by atoms with Crippen LogP contribution < -0.4 is 9.64 Å². The van der Waals surface area contributed by atoms with Crippen molar-refractivity contribution in [1.82, 2.24) is 4.98 Å². The van der Waals surface area contributed by atoms with Gasteiger partial charge in [-0.1, -0.05) is 6.07 Å². The molecule has 0 saturated carbocycles. The molecule has 5 heteroatoms. The Hall–Kier alpha value is -1.85. The van der Waals surface area contributed by atoms with Crippen LogP contribution in [0.2, 0.25) is 0 Å². The van der Waals surface area contributed by atoms with Crippen molar-refractivity contribution in [3.63, 3.8) is 0 Å². The van der Waals surface area contributed by atoms with E-state index in [-0.39, 0.29) is 0 Å². The van der Waals surface area contributed by atoms with Gasteiger partial charge in [0.1, 0.15) is 11.6 Å². The maximum Gasteiger partial charge on any atom is 0.136 e. The number of rotatable bonds is 6. The predicted molar refractivity (Wildman–Crippen MR) is 79.4 cm³/mol. The molecular formula is C15H20N2O3. The number of hydrogen-bond donors (Lipinski definition) is 1. The molecule has 0 radical (unpaired) electrons. The minimum absolute atomic E-state index is 0.304. The zero-order valence-electron chi connectivity index (χ0n) is 12.0. The van der Waals surface area contributed by atoms with E-state index in [9.17, 15) is 5.11 Å². The molecule has 1 N–H and O–H groups in total. The summed E-state index contributed by atoms with van der Waals surface area (Å²) in [4.78, 5) is 6.34. The van der Waals surface area contributed by atoms with E-state index < -0.39 is 6.10 Å². The van der Waals surface area contributed by atoms with Crippen molar-refractivity contribution in [3.8, 4) is 5.75 Å². The van der Waals surface area contributed by atoms with Gasteiger partial charge in [-0.2, -0.15) is 0 Å². The van der Waals surface area contributed by atoms with Crippen LogP contribution in [0, 0.1) is 0 Å². The highest BCUT2D eigenvalue weighted by molar-refractivity contribution is 5.93. The maximum atomic E-state index is 9.83. The fraction of sp³-hybridized carbons (Fsp3) is 0.400. The molecule has 5 nitrogen and oxygen atoms in total. The SMILES string of the molecule is COCC(O)CN(C)c1nccc2ccc(OC)cc12. The average molecular weight is 276 g/mol. The molecule has 108 valence electrons. The Labute approximate surface area is 118 Å². The smallest absolute Gasteiger partial charge is 0.136 e. The molecule has 0 aliphatic heterocycles. The molecule has 0 amide bonds. The quantitative estimate of drug-likeness (QED) is 0.870. The van der Waals surface area contributed by atoms with Crippen LogP contribution in [-0.4, -0.2) is 50.6 Å². The molecule has 2 aromatic rings.